The number of halogens is 1. The van der Waals surface area contributed by atoms with Crippen molar-refractivity contribution in [3.63, 3.8) is 0 Å². The van der Waals surface area contributed by atoms with Gasteiger partial charge in [0, 0.05) is 14.1 Å². The lowest BCUT2D eigenvalue weighted by molar-refractivity contribution is -0.121. The molecule has 1 amide bonds. The second kappa shape index (κ2) is 7.48. The van der Waals surface area contributed by atoms with Gasteiger partial charge in [-0.05, 0) is 72.4 Å². The zero-order valence-electron chi connectivity index (χ0n) is 13.6. The molecule has 2 rings (SSSR count). The van der Waals surface area contributed by atoms with E-state index in [2.05, 4.69) is 22.6 Å². The molecule has 0 saturated carbocycles. The van der Waals surface area contributed by atoms with E-state index in [1.807, 2.05) is 32.1 Å². The summed E-state index contributed by atoms with van der Waals surface area (Å²) in [4.78, 5) is 15.4. The lowest BCUT2D eigenvalue weighted by atomic mass is 10.1. The van der Waals surface area contributed by atoms with Crippen LogP contribution in [0.25, 0.3) is 6.08 Å². The van der Waals surface area contributed by atoms with E-state index in [1.165, 1.54) is 4.90 Å². The molecular formula is C16H19IN2O3S. The fourth-order valence-corrected chi connectivity index (χ4v) is 3.23. The molecule has 1 heterocycles. The van der Waals surface area contributed by atoms with Crippen LogP contribution in [0.15, 0.2) is 17.8 Å². The fraction of sp³-hybridized carbons (Fsp3) is 0.375. The minimum Gasteiger partial charge on any atom is -0.490 e. The van der Waals surface area contributed by atoms with E-state index in [0.717, 1.165) is 14.9 Å². The zero-order valence-corrected chi connectivity index (χ0v) is 16.5. The van der Waals surface area contributed by atoms with Crippen LogP contribution in [0, 0.1) is 3.57 Å². The van der Waals surface area contributed by atoms with Crippen molar-refractivity contribution >= 4 is 51.9 Å². The first-order valence-corrected chi connectivity index (χ1v) is 8.75. The van der Waals surface area contributed by atoms with Gasteiger partial charge in [0.2, 0.25) is 0 Å². The van der Waals surface area contributed by atoms with Gasteiger partial charge in [0.15, 0.2) is 16.6 Å². The molecule has 0 spiro atoms. The maximum atomic E-state index is 12.3. The molecule has 1 aliphatic heterocycles. The van der Waals surface area contributed by atoms with Gasteiger partial charge in [0.1, 0.15) is 5.70 Å². The highest BCUT2D eigenvalue weighted by atomic mass is 127. The second-order valence-electron chi connectivity index (χ2n) is 4.93. The standard InChI is InChI=1S/C16H19IN2O3S/c1-5-21-13-9-10(7-11(17)14(13)22-6-2)8-12-15(20)19(4)16(23)18(12)3/h7-9H,5-6H2,1-4H3/b12-8-. The van der Waals surface area contributed by atoms with Gasteiger partial charge in [-0.15, -0.1) is 0 Å². The first-order valence-electron chi connectivity index (χ1n) is 7.27. The van der Waals surface area contributed by atoms with Crippen LogP contribution in [0.3, 0.4) is 0 Å². The number of rotatable bonds is 5. The summed E-state index contributed by atoms with van der Waals surface area (Å²) in [5.74, 6) is 1.30. The Morgan fingerprint density at radius 1 is 1.17 bits per heavy atom. The van der Waals surface area contributed by atoms with Gasteiger partial charge in [-0.1, -0.05) is 0 Å². The van der Waals surface area contributed by atoms with Crippen molar-refractivity contribution in [2.45, 2.75) is 13.8 Å². The summed E-state index contributed by atoms with van der Waals surface area (Å²) in [7, 11) is 3.47. The Kier molecular flexibility index (Phi) is 5.85. The topological polar surface area (TPSA) is 42.0 Å². The third-order valence-corrected chi connectivity index (χ3v) is 4.73. The number of carbonyl (C=O) groups is 1. The third kappa shape index (κ3) is 3.60. The summed E-state index contributed by atoms with van der Waals surface area (Å²) in [6.45, 7) is 4.97. The first-order chi connectivity index (χ1) is 10.9. The molecule has 0 atom stereocenters. The van der Waals surface area contributed by atoms with Crippen LogP contribution < -0.4 is 9.47 Å². The normalized spacial score (nSPS) is 16.5. The number of hydrogen-bond acceptors (Lipinski definition) is 4. The van der Waals surface area contributed by atoms with Crippen molar-refractivity contribution in [2.24, 2.45) is 0 Å². The summed E-state index contributed by atoms with van der Waals surface area (Å²) < 4.78 is 12.3. The van der Waals surface area contributed by atoms with Gasteiger partial charge in [0.05, 0.1) is 16.8 Å². The number of hydrogen-bond donors (Lipinski definition) is 0. The second-order valence-corrected chi connectivity index (χ2v) is 6.46. The Morgan fingerprint density at radius 3 is 2.35 bits per heavy atom. The molecule has 1 aliphatic rings. The largest absolute Gasteiger partial charge is 0.490 e. The molecule has 1 saturated heterocycles. The number of benzene rings is 1. The molecule has 0 N–H and O–H groups in total. The molecule has 7 heteroatoms. The Hall–Kier alpha value is -1.35. The molecule has 23 heavy (non-hydrogen) atoms. The van der Waals surface area contributed by atoms with Crippen molar-refractivity contribution in [1.29, 1.82) is 0 Å². The van der Waals surface area contributed by atoms with Crippen LogP contribution in [0.2, 0.25) is 0 Å². The van der Waals surface area contributed by atoms with E-state index >= 15 is 0 Å². The first kappa shape index (κ1) is 18.0. The smallest absolute Gasteiger partial charge is 0.276 e. The van der Waals surface area contributed by atoms with Gasteiger partial charge in [-0.2, -0.15) is 0 Å². The van der Waals surface area contributed by atoms with Crippen LogP contribution in [0.1, 0.15) is 19.4 Å². The molecule has 124 valence electrons. The van der Waals surface area contributed by atoms with Crippen LogP contribution in [-0.4, -0.2) is 48.1 Å². The maximum Gasteiger partial charge on any atom is 0.276 e. The SMILES string of the molecule is CCOc1cc(/C=C2/C(=O)N(C)C(=S)N2C)cc(I)c1OCC. The highest BCUT2D eigenvalue weighted by Gasteiger charge is 2.32. The summed E-state index contributed by atoms with van der Waals surface area (Å²) in [5.41, 5.74) is 1.41. The van der Waals surface area contributed by atoms with Crippen molar-refractivity contribution in [1.82, 2.24) is 9.80 Å². The summed E-state index contributed by atoms with van der Waals surface area (Å²) in [6.07, 6.45) is 1.82. The lowest BCUT2D eigenvalue weighted by Gasteiger charge is -2.14. The number of likely N-dealkylation sites (N-methyl/N-ethyl adjacent to an activating group) is 2. The summed E-state index contributed by atoms with van der Waals surface area (Å²) in [6, 6.07) is 3.84. The quantitative estimate of drug-likeness (QED) is 0.395. The van der Waals surface area contributed by atoms with Crippen molar-refractivity contribution < 1.29 is 14.3 Å². The van der Waals surface area contributed by atoms with Gasteiger partial charge < -0.3 is 14.4 Å². The van der Waals surface area contributed by atoms with E-state index in [4.69, 9.17) is 21.7 Å². The Morgan fingerprint density at radius 2 is 1.83 bits per heavy atom. The molecule has 1 aromatic rings. The molecule has 1 fully saturated rings. The monoisotopic (exact) mass is 446 g/mol. The number of nitrogens with zero attached hydrogens (tertiary/aromatic N) is 2. The molecule has 1 aromatic carbocycles. The molecule has 0 unspecified atom stereocenters. The van der Waals surface area contributed by atoms with Gasteiger partial charge >= 0.3 is 0 Å². The highest BCUT2D eigenvalue weighted by Crippen LogP contribution is 2.35. The minimum absolute atomic E-state index is 0.112. The fourth-order valence-electron chi connectivity index (χ4n) is 2.27. The molecule has 0 aromatic heterocycles. The predicted octanol–water partition coefficient (Wildman–Crippen LogP) is 3.12. The maximum absolute atomic E-state index is 12.3. The van der Waals surface area contributed by atoms with Crippen LogP contribution in [-0.2, 0) is 4.79 Å². The van der Waals surface area contributed by atoms with Crippen molar-refractivity contribution in [3.05, 3.63) is 27.0 Å². The Labute approximate surface area is 155 Å². The van der Waals surface area contributed by atoms with Gasteiger partial charge in [0.25, 0.3) is 5.91 Å². The van der Waals surface area contributed by atoms with Crippen molar-refractivity contribution in [2.75, 3.05) is 27.3 Å². The van der Waals surface area contributed by atoms with E-state index in [-0.39, 0.29) is 5.91 Å². The Balaban J connectivity index is 2.46. The predicted molar refractivity (Wildman–Crippen MR) is 103 cm³/mol. The van der Waals surface area contributed by atoms with Crippen molar-refractivity contribution in [3.8, 4) is 11.5 Å². The van der Waals surface area contributed by atoms with E-state index in [9.17, 15) is 4.79 Å². The van der Waals surface area contributed by atoms with Crippen LogP contribution >= 0.6 is 34.8 Å². The Bertz CT molecular complexity index is 676. The van der Waals surface area contributed by atoms with E-state index < -0.39 is 0 Å². The van der Waals surface area contributed by atoms with Crippen LogP contribution in [0.5, 0.6) is 11.5 Å². The number of carbonyl (C=O) groups excluding carboxylic acids is 1. The third-order valence-electron chi connectivity index (χ3n) is 3.38. The molecule has 5 nitrogen and oxygen atoms in total. The minimum atomic E-state index is -0.112. The highest BCUT2D eigenvalue weighted by molar-refractivity contribution is 14.1. The molecule has 0 bridgehead atoms. The van der Waals surface area contributed by atoms with Crippen LogP contribution in [0.4, 0.5) is 0 Å². The number of ether oxygens (including phenoxy) is 2. The lowest BCUT2D eigenvalue weighted by Crippen LogP contribution is -2.26. The zero-order chi connectivity index (χ0) is 17.1. The average Bonchev–Trinajstić information content (AvgIpc) is 2.69. The number of amides is 1. The molecule has 0 aliphatic carbocycles. The van der Waals surface area contributed by atoms with Gasteiger partial charge in [-0.3, -0.25) is 9.69 Å². The molecule has 0 radical (unpaired) electrons. The van der Waals surface area contributed by atoms with E-state index in [1.54, 1.807) is 19.0 Å². The summed E-state index contributed by atoms with van der Waals surface area (Å²) in [5, 5.41) is 0.493. The average molecular weight is 446 g/mol. The van der Waals surface area contributed by atoms with Gasteiger partial charge in [-0.25, -0.2) is 0 Å². The number of thiocarbonyl (C=S) groups is 1. The molecular weight excluding hydrogens is 427 g/mol. The van der Waals surface area contributed by atoms with E-state index in [0.29, 0.717) is 29.8 Å². The summed E-state index contributed by atoms with van der Waals surface area (Å²) >= 11 is 7.44.